The van der Waals surface area contributed by atoms with Gasteiger partial charge in [0.05, 0.1) is 19.9 Å². The standard InChI is InChI=1S/C20H17N5O5/c1-29-14-7-3-12(4-8-14)17-18(13-5-9-15(30-2)10-6-13)25-19(22-21-17)23-24(20(25)28)11-16(26)27/h3-10H,11H2,1-2H3,(H,26,27). The Bertz CT molecular complexity index is 1280. The van der Waals surface area contributed by atoms with Crippen molar-refractivity contribution in [3.8, 4) is 34.0 Å². The Morgan fingerprint density at radius 1 is 0.933 bits per heavy atom. The molecule has 2 aromatic heterocycles. The Labute approximate surface area is 169 Å². The summed E-state index contributed by atoms with van der Waals surface area (Å²) in [6.07, 6.45) is 0. The minimum Gasteiger partial charge on any atom is -0.497 e. The van der Waals surface area contributed by atoms with Crippen molar-refractivity contribution in [1.82, 2.24) is 24.4 Å². The van der Waals surface area contributed by atoms with Crippen LogP contribution < -0.4 is 15.2 Å². The number of carboxylic acid groups (broad SMARTS) is 1. The molecule has 0 spiro atoms. The van der Waals surface area contributed by atoms with Crippen molar-refractivity contribution in [3.63, 3.8) is 0 Å². The van der Waals surface area contributed by atoms with Crippen LogP contribution in [0.5, 0.6) is 11.5 Å². The van der Waals surface area contributed by atoms with Crippen LogP contribution in [0.4, 0.5) is 0 Å². The van der Waals surface area contributed by atoms with Crippen LogP contribution in [0, 0.1) is 0 Å². The average molecular weight is 407 g/mol. The molecule has 0 saturated heterocycles. The number of hydrogen-bond acceptors (Lipinski definition) is 7. The molecule has 0 amide bonds. The first-order chi connectivity index (χ1) is 14.5. The number of nitrogens with zero attached hydrogens (tertiary/aromatic N) is 5. The Hall–Kier alpha value is -4.21. The molecule has 0 aliphatic rings. The van der Waals surface area contributed by atoms with E-state index in [0.717, 1.165) is 4.68 Å². The lowest BCUT2D eigenvalue weighted by Crippen LogP contribution is -2.25. The molecule has 152 valence electrons. The molecule has 4 aromatic rings. The third-order valence-electron chi connectivity index (χ3n) is 4.52. The summed E-state index contributed by atoms with van der Waals surface area (Å²) in [5.41, 5.74) is 1.62. The van der Waals surface area contributed by atoms with Gasteiger partial charge >= 0.3 is 11.7 Å². The molecule has 0 radical (unpaired) electrons. The maximum Gasteiger partial charge on any atom is 0.352 e. The van der Waals surface area contributed by atoms with Crippen LogP contribution in [0.3, 0.4) is 0 Å². The number of ether oxygens (including phenoxy) is 2. The van der Waals surface area contributed by atoms with Gasteiger partial charge in [0, 0.05) is 11.1 Å². The lowest BCUT2D eigenvalue weighted by atomic mass is 10.0. The summed E-state index contributed by atoms with van der Waals surface area (Å²) >= 11 is 0. The van der Waals surface area contributed by atoms with E-state index in [0.29, 0.717) is 34.0 Å². The fraction of sp³-hybridized carbons (Fsp3) is 0.150. The van der Waals surface area contributed by atoms with Crippen molar-refractivity contribution in [2.75, 3.05) is 14.2 Å². The van der Waals surface area contributed by atoms with Gasteiger partial charge in [-0.2, -0.15) is 4.68 Å². The molecule has 0 saturated carbocycles. The summed E-state index contributed by atoms with van der Waals surface area (Å²) in [6.45, 7) is -0.581. The topological polar surface area (TPSA) is 121 Å². The van der Waals surface area contributed by atoms with E-state index in [9.17, 15) is 9.59 Å². The summed E-state index contributed by atoms with van der Waals surface area (Å²) in [7, 11) is 3.13. The van der Waals surface area contributed by atoms with Gasteiger partial charge in [-0.25, -0.2) is 9.20 Å². The van der Waals surface area contributed by atoms with E-state index in [1.807, 2.05) is 0 Å². The zero-order valence-electron chi connectivity index (χ0n) is 16.1. The van der Waals surface area contributed by atoms with E-state index < -0.39 is 18.2 Å². The van der Waals surface area contributed by atoms with Gasteiger partial charge in [0.25, 0.3) is 5.78 Å². The third kappa shape index (κ3) is 3.34. The highest BCUT2D eigenvalue weighted by Gasteiger charge is 2.20. The van der Waals surface area contributed by atoms with E-state index in [1.54, 1.807) is 62.8 Å². The first kappa shape index (κ1) is 19.1. The Balaban J connectivity index is 2.01. The number of hydrogen-bond donors (Lipinski definition) is 1. The molecule has 0 aliphatic carbocycles. The normalized spacial score (nSPS) is 10.9. The Morgan fingerprint density at radius 3 is 2.03 bits per heavy atom. The predicted octanol–water partition coefficient (Wildman–Crippen LogP) is 1.72. The molecule has 0 fully saturated rings. The fourth-order valence-corrected chi connectivity index (χ4v) is 3.09. The SMILES string of the molecule is COc1ccc(-c2nnc3nn(CC(=O)O)c(=O)n3c2-c2ccc(OC)cc2)cc1. The van der Waals surface area contributed by atoms with Crippen molar-refractivity contribution < 1.29 is 19.4 Å². The first-order valence-corrected chi connectivity index (χ1v) is 8.88. The number of carbonyl (C=O) groups is 1. The van der Waals surface area contributed by atoms with E-state index >= 15 is 0 Å². The molecule has 1 N–H and O–H groups in total. The Morgan fingerprint density at radius 2 is 1.50 bits per heavy atom. The van der Waals surface area contributed by atoms with Gasteiger partial charge in [0.2, 0.25) is 0 Å². The number of carboxylic acids is 1. The smallest absolute Gasteiger partial charge is 0.352 e. The molecule has 30 heavy (non-hydrogen) atoms. The highest BCUT2D eigenvalue weighted by Crippen LogP contribution is 2.31. The zero-order valence-corrected chi connectivity index (χ0v) is 16.1. The number of benzene rings is 2. The molecule has 0 unspecified atom stereocenters. The number of aromatic nitrogens is 5. The Kier molecular flexibility index (Phi) is 4.88. The number of aliphatic carboxylic acids is 1. The van der Waals surface area contributed by atoms with E-state index in [2.05, 4.69) is 15.3 Å². The van der Waals surface area contributed by atoms with Crippen LogP contribution in [-0.2, 0) is 11.3 Å². The molecule has 0 bridgehead atoms. The summed E-state index contributed by atoms with van der Waals surface area (Å²) in [5.74, 6) is 0.140. The van der Waals surface area contributed by atoms with Gasteiger partial charge < -0.3 is 14.6 Å². The number of fused-ring (bicyclic) bond motifs is 1. The van der Waals surface area contributed by atoms with E-state index in [1.165, 1.54) is 4.40 Å². The minimum absolute atomic E-state index is 0.00401. The first-order valence-electron chi connectivity index (χ1n) is 8.88. The van der Waals surface area contributed by atoms with Gasteiger partial charge in [-0.1, -0.05) is 0 Å². The van der Waals surface area contributed by atoms with Crippen molar-refractivity contribution in [1.29, 1.82) is 0 Å². The second-order valence-corrected chi connectivity index (χ2v) is 6.32. The molecule has 2 aromatic carbocycles. The highest BCUT2D eigenvalue weighted by atomic mass is 16.5. The lowest BCUT2D eigenvalue weighted by molar-refractivity contribution is -0.137. The van der Waals surface area contributed by atoms with Gasteiger partial charge in [-0.05, 0) is 48.5 Å². The fourth-order valence-electron chi connectivity index (χ4n) is 3.09. The zero-order chi connectivity index (χ0) is 21.3. The predicted molar refractivity (Wildman–Crippen MR) is 107 cm³/mol. The van der Waals surface area contributed by atoms with Gasteiger partial charge in [0.1, 0.15) is 23.7 Å². The summed E-state index contributed by atoms with van der Waals surface area (Å²) in [6, 6.07) is 14.2. The maximum atomic E-state index is 13.0. The molecule has 4 rings (SSSR count). The van der Waals surface area contributed by atoms with E-state index in [4.69, 9.17) is 14.6 Å². The van der Waals surface area contributed by atoms with Crippen LogP contribution in [0.1, 0.15) is 0 Å². The van der Waals surface area contributed by atoms with Gasteiger partial charge in [0.15, 0.2) is 0 Å². The third-order valence-corrected chi connectivity index (χ3v) is 4.52. The van der Waals surface area contributed by atoms with Crippen molar-refractivity contribution >= 4 is 11.7 Å². The van der Waals surface area contributed by atoms with Crippen molar-refractivity contribution in [2.45, 2.75) is 6.54 Å². The minimum atomic E-state index is -1.19. The van der Waals surface area contributed by atoms with Crippen LogP contribution in [0.2, 0.25) is 0 Å². The second-order valence-electron chi connectivity index (χ2n) is 6.32. The van der Waals surface area contributed by atoms with Crippen molar-refractivity contribution in [2.24, 2.45) is 0 Å². The van der Waals surface area contributed by atoms with Crippen LogP contribution in [0.15, 0.2) is 53.3 Å². The quantitative estimate of drug-likeness (QED) is 0.513. The van der Waals surface area contributed by atoms with Crippen LogP contribution in [-0.4, -0.2) is 49.7 Å². The average Bonchev–Trinajstić information content (AvgIpc) is 3.08. The number of methoxy groups -OCH3 is 2. The molecule has 0 atom stereocenters. The summed E-state index contributed by atoms with van der Waals surface area (Å²) in [5, 5.41) is 21.4. The molecular weight excluding hydrogens is 390 g/mol. The van der Waals surface area contributed by atoms with E-state index in [-0.39, 0.29) is 5.78 Å². The van der Waals surface area contributed by atoms with Crippen LogP contribution in [0.25, 0.3) is 28.3 Å². The molecule has 2 heterocycles. The molecule has 10 nitrogen and oxygen atoms in total. The second kappa shape index (κ2) is 7.66. The molecular formula is C20H17N5O5. The molecule has 0 aliphatic heterocycles. The largest absolute Gasteiger partial charge is 0.497 e. The van der Waals surface area contributed by atoms with Crippen LogP contribution >= 0.6 is 0 Å². The maximum absolute atomic E-state index is 13.0. The van der Waals surface area contributed by atoms with Gasteiger partial charge in [-0.3, -0.25) is 4.79 Å². The lowest BCUT2D eigenvalue weighted by Gasteiger charge is -2.11. The monoisotopic (exact) mass is 407 g/mol. The highest BCUT2D eigenvalue weighted by molar-refractivity contribution is 5.79. The summed E-state index contributed by atoms with van der Waals surface area (Å²) < 4.78 is 12.5. The van der Waals surface area contributed by atoms with Gasteiger partial charge in [-0.15, -0.1) is 15.3 Å². The summed E-state index contributed by atoms with van der Waals surface area (Å²) in [4.78, 5) is 24.1. The van der Waals surface area contributed by atoms with Crippen molar-refractivity contribution in [3.05, 3.63) is 59.0 Å². The molecule has 10 heteroatoms. The number of rotatable bonds is 6.